The van der Waals surface area contributed by atoms with Crippen molar-refractivity contribution in [3.63, 3.8) is 0 Å². The van der Waals surface area contributed by atoms with E-state index >= 15 is 4.79 Å². The number of rotatable bonds is 7. The second-order valence-corrected chi connectivity index (χ2v) is 16.2. The average molecular weight is 904 g/mol. The van der Waals surface area contributed by atoms with Gasteiger partial charge in [-0.05, 0) is 85.0 Å². The number of nitrogens with one attached hydrogen (secondary N) is 1. The molecular formula is C40H30BrCl2F4N5O6. The van der Waals surface area contributed by atoms with Gasteiger partial charge in [0.2, 0.25) is 0 Å². The van der Waals surface area contributed by atoms with E-state index in [1.54, 1.807) is 36.4 Å². The second-order valence-electron chi connectivity index (χ2n) is 14.4. The molecule has 8 rings (SSSR count). The number of aromatic nitrogens is 1. The van der Waals surface area contributed by atoms with Crippen LogP contribution in [0.1, 0.15) is 35.6 Å². The molecule has 3 heterocycles. The minimum absolute atomic E-state index is 0.0343. The number of aromatic hydroxyl groups is 1. The van der Waals surface area contributed by atoms with E-state index in [1.165, 1.54) is 32.4 Å². The lowest BCUT2D eigenvalue weighted by molar-refractivity contribution is -0.142. The van der Waals surface area contributed by atoms with Gasteiger partial charge in [0.05, 0.1) is 41.0 Å². The number of imide groups is 2. The Kier molecular flexibility index (Phi) is 9.75. The van der Waals surface area contributed by atoms with E-state index < -0.39 is 82.1 Å². The molecule has 2 saturated heterocycles. The van der Waals surface area contributed by atoms with Crippen LogP contribution in [0, 0.1) is 29.5 Å². The van der Waals surface area contributed by atoms with Crippen molar-refractivity contribution in [2.45, 2.75) is 30.4 Å². The summed E-state index contributed by atoms with van der Waals surface area (Å²) in [7, 11) is 2.55. The molecule has 11 nitrogen and oxygen atoms in total. The summed E-state index contributed by atoms with van der Waals surface area (Å²) in [6.45, 7) is 0. The van der Waals surface area contributed by atoms with Crippen molar-refractivity contribution >= 4 is 74.3 Å². The fourth-order valence-corrected chi connectivity index (χ4v) is 9.97. The second kappa shape index (κ2) is 14.3. The van der Waals surface area contributed by atoms with Crippen molar-refractivity contribution in [1.29, 1.82) is 0 Å². The molecule has 18 heteroatoms. The number of carbonyl (C=O) groups excluding carboxylic acids is 4. The molecule has 2 N–H and O–H groups in total. The largest absolute Gasteiger partial charge is 0.504 e. The number of anilines is 2. The van der Waals surface area contributed by atoms with E-state index in [1.807, 2.05) is 0 Å². The van der Waals surface area contributed by atoms with Crippen LogP contribution in [0.4, 0.5) is 29.1 Å². The third kappa shape index (κ3) is 6.01. The molecule has 6 atom stereocenters. The molecule has 1 aromatic heterocycles. The smallest absolute Gasteiger partial charge is 0.433 e. The molecule has 3 aromatic carbocycles. The highest BCUT2D eigenvalue weighted by Gasteiger charge is 2.71. The molecule has 2 aliphatic heterocycles. The van der Waals surface area contributed by atoms with Crippen LogP contribution in [0.2, 0.25) is 10.0 Å². The van der Waals surface area contributed by atoms with Gasteiger partial charge < -0.3 is 9.84 Å². The molecule has 58 heavy (non-hydrogen) atoms. The number of fused-ring (bicyclic) bond motifs is 4. The maximum atomic E-state index is 15.4. The summed E-state index contributed by atoms with van der Waals surface area (Å²) >= 11 is 16.1. The van der Waals surface area contributed by atoms with Gasteiger partial charge in [0.25, 0.3) is 23.6 Å². The maximum Gasteiger partial charge on any atom is 0.433 e. The van der Waals surface area contributed by atoms with Gasteiger partial charge in [-0.15, -0.1) is 0 Å². The van der Waals surface area contributed by atoms with Gasteiger partial charge in [-0.25, -0.2) is 9.37 Å². The topological polar surface area (TPSA) is 132 Å². The number of hydrogen-bond donors (Lipinski definition) is 2. The lowest BCUT2D eigenvalue weighted by Crippen LogP contribution is -2.53. The van der Waals surface area contributed by atoms with E-state index in [0.717, 1.165) is 33.2 Å². The van der Waals surface area contributed by atoms with Crippen molar-refractivity contribution in [2.24, 2.45) is 23.7 Å². The van der Waals surface area contributed by atoms with Crippen LogP contribution in [0.5, 0.6) is 11.5 Å². The van der Waals surface area contributed by atoms with Crippen molar-refractivity contribution < 1.29 is 46.6 Å². The molecule has 2 aliphatic carbocycles. The first-order valence-electron chi connectivity index (χ1n) is 17.8. The minimum atomic E-state index is -4.86. The van der Waals surface area contributed by atoms with Gasteiger partial charge in [-0.2, -0.15) is 23.2 Å². The fraction of sp³-hybridized carbons (Fsp3) is 0.275. The van der Waals surface area contributed by atoms with Crippen LogP contribution in [-0.4, -0.2) is 57.9 Å². The Morgan fingerprint density at radius 2 is 1.66 bits per heavy atom. The number of ether oxygens (including phenoxy) is 1. The Morgan fingerprint density at radius 1 is 0.966 bits per heavy atom. The lowest BCUT2D eigenvalue weighted by Gasteiger charge is -2.50. The summed E-state index contributed by atoms with van der Waals surface area (Å²) in [5, 5.41) is 14.4. The molecule has 4 aliphatic rings. The van der Waals surface area contributed by atoms with Gasteiger partial charge in [-0.1, -0.05) is 62.9 Å². The van der Waals surface area contributed by atoms with Gasteiger partial charge in [-0.3, -0.25) is 29.6 Å². The van der Waals surface area contributed by atoms with Gasteiger partial charge in [0.15, 0.2) is 17.3 Å². The Bertz CT molecular complexity index is 2440. The normalized spacial score (nSPS) is 25.3. The molecule has 4 amide bonds. The molecule has 0 bridgehead atoms. The molecule has 3 fully saturated rings. The number of methoxy groups -OCH3 is 1. The van der Waals surface area contributed by atoms with Crippen LogP contribution in [0.25, 0.3) is 0 Å². The van der Waals surface area contributed by atoms with Crippen LogP contribution in [0.15, 0.2) is 88.9 Å². The quantitative estimate of drug-likeness (QED) is 0.107. The molecular weight excluding hydrogens is 873 g/mol. The summed E-state index contributed by atoms with van der Waals surface area (Å²) in [5.74, 6) is -9.83. The van der Waals surface area contributed by atoms with E-state index in [9.17, 15) is 37.1 Å². The Labute approximate surface area is 346 Å². The number of phenolic OH excluding ortho intramolecular Hbond substituents is 1. The van der Waals surface area contributed by atoms with Crippen LogP contribution >= 0.6 is 39.1 Å². The third-order valence-electron chi connectivity index (χ3n) is 11.6. The number of amides is 4. The monoisotopic (exact) mass is 901 g/mol. The number of benzene rings is 3. The molecule has 4 aromatic rings. The summed E-state index contributed by atoms with van der Waals surface area (Å²) in [6.07, 6.45) is -3.32. The number of halogens is 7. The van der Waals surface area contributed by atoms with Crippen molar-refractivity contribution in [3.8, 4) is 11.5 Å². The zero-order valence-electron chi connectivity index (χ0n) is 30.2. The Balaban J connectivity index is 1.31. The first-order valence-corrected chi connectivity index (χ1v) is 19.3. The predicted molar refractivity (Wildman–Crippen MR) is 206 cm³/mol. The maximum absolute atomic E-state index is 15.4. The average Bonchev–Trinajstić information content (AvgIpc) is 3.56. The lowest BCUT2D eigenvalue weighted by atomic mass is 9.49. The molecule has 300 valence electrons. The predicted octanol–water partition coefficient (Wildman–Crippen LogP) is 8.06. The molecule has 0 radical (unpaired) electrons. The zero-order chi connectivity index (χ0) is 41.6. The minimum Gasteiger partial charge on any atom is -0.504 e. The van der Waals surface area contributed by atoms with Crippen LogP contribution < -0.4 is 15.2 Å². The number of carbonyl (C=O) groups is 4. The first kappa shape index (κ1) is 39.6. The molecule has 1 saturated carbocycles. The number of alkyl halides is 3. The van der Waals surface area contributed by atoms with E-state index in [4.69, 9.17) is 27.9 Å². The number of hydrogen-bond acceptors (Lipinski definition) is 9. The molecule has 0 spiro atoms. The van der Waals surface area contributed by atoms with E-state index in [-0.39, 0.29) is 40.6 Å². The molecule has 0 unspecified atom stereocenters. The fourth-order valence-electron chi connectivity index (χ4n) is 9.16. The zero-order valence-corrected chi connectivity index (χ0v) is 33.3. The van der Waals surface area contributed by atoms with Crippen LogP contribution in [-0.2, 0) is 30.8 Å². The summed E-state index contributed by atoms with van der Waals surface area (Å²) in [4.78, 5) is 62.8. The van der Waals surface area contributed by atoms with Gasteiger partial charge in [0.1, 0.15) is 11.5 Å². The van der Waals surface area contributed by atoms with Crippen molar-refractivity contribution in [3.05, 3.63) is 122 Å². The highest BCUT2D eigenvalue weighted by molar-refractivity contribution is 9.10. The van der Waals surface area contributed by atoms with Crippen molar-refractivity contribution in [1.82, 2.24) is 15.0 Å². The number of allylic oxidation sites excluding steroid dienone is 2. The first-order chi connectivity index (χ1) is 27.5. The number of phenols is 1. The summed E-state index contributed by atoms with van der Waals surface area (Å²) < 4.78 is 61.0. The van der Waals surface area contributed by atoms with Crippen molar-refractivity contribution in [2.75, 3.05) is 24.6 Å². The Morgan fingerprint density at radius 3 is 2.31 bits per heavy atom. The SMILES string of the molecule is COc1cc(Br)cc([C@H]2C3=CC[C@@H]4C(=O)N(N(C)c5nc(C(F)(F)F)ccc5Cl)C(=O)[C@@H]4[C@@H]3C[C@H]3C(=O)N(Nc4ccc(F)cc4)C(=O)[C@@]23c2ccc(Cl)cc2)c1O. The van der Waals surface area contributed by atoms with Gasteiger partial charge in [0, 0.05) is 28.0 Å². The van der Waals surface area contributed by atoms with E-state index in [2.05, 4.69) is 26.3 Å². The Hall–Kier alpha value is -5.19. The number of hydrazine groups is 2. The van der Waals surface area contributed by atoms with Gasteiger partial charge >= 0.3 is 6.18 Å². The number of pyridine rings is 1. The third-order valence-corrected chi connectivity index (χ3v) is 12.6. The van der Waals surface area contributed by atoms with E-state index in [0.29, 0.717) is 26.7 Å². The summed E-state index contributed by atoms with van der Waals surface area (Å²) in [5.41, 5.74) is 0.937. The summed E-state index contributed by atoms with van der Waals surface area (Å²) in [6, 6.07) is 16.1. The van der Waals surface area contributed by atoms with Crippen LogP contribution in [0.3, 0.4) is 0 Å². The highest BCUT2D eigenvalue weighted by Crippen LogP contribution is 2.65. The highest BCUT2D eigenvalue weighted by atomic mass is 79.9. The number of nitrogens with zero attached hydrogens (tertiary/aromatic N) is 4. The standard InChI is InChI=1S/C40H30BrCl2F4N5O6/c1-50(34-28(43)13-14-30(48-34)40(45,46)47)52-35(54)24-12-11-23-25(31(24)37(52)56)17-27-36(55)51(49-22-9-7-21(44)8-10-22)38(57)39(27,18-3-5-20(42)6-4-18)32(23)26-15-19(41)16-29(58-2)33(26)53/h3-11,13-16,24-25,27,31-32,49,53H,12,17H2,1-2H3/t24-,25+,27-,31-,32+,39+/m0/s1.